The summed E-state index contributed by atoms with van der Waals surface area (Å²) < 4.78 is 12.1. The van der Waals surface area contributed by atoms with Gasteiger partial charge >= 0.3 is 0 Å². The van der Waals surface area contributed by atoms with Gasteiger partial charge in [-0.25, -0.2) is 0 Å². The van der Waals surface area contributed by atoms with Gasteiger partial charge in [0.25, 0.3) is 0 Å². The number of hydrogen-bond donors (Lipinski definition) is 1. The fourth-order valence-corrected chi connectivity index (χ4v) is 2.99. The number of halogens is 1. The first-order valence-corrected chi connectivity index (χ1v) is 6.37. The monoisotopic (exact) mass is 283 g/mol. The average molecular weight is 284 g/mol. The van der Waals surface area contributed by atoms with E-state index in [9.17, 15) is 0 Å². The number of nitrogens with two attached hydrogens (primary N) is 1. The van der Waals surface area contributed by atoms with Gasteiger partial charge < -0.3 is 15.2 Å². The summed E-state index contributed by atoms with van der Waals surface area (Å²) in [6.07, 6.45) is 3.30. The van der Waals surface area contributed by atoms with Crippen molar-refractivity contribution in [1.29, 1.82) is 0 Å². The summed E-state index contributed by atoms with van der Waals surface area (Å²) in [5.74, 6) is 1.63. The molecule has 0 saturated heterocycles. The van der Waals surface area contributed by atoms with Crippen LogP contribution in [0, 0.1) is 0 Å². The van der Waals surface area contributed by atoms with Crippen molar-refractivity contribution < 1.29 is 9.47 Å². The highest BCUT2D eigenvalue weighted by Gasteiger charge is 2.36. The molecule has 86 valence electrons. The molecule has 0 aromatic heterocycles. The van der Waals surface area contributed by atoms with Crippen LogP contribution in [0.1, 0.15) is 24.8 Å². The summed E-state index contributed by atoms with van der Waals surface area (Å²) in [6, 6.07) is 3.99. The van der Waals surface area contributed by atoms with E-state index in [0.29, 0.717) is 13.2 Å². The van der Waals surface area contributed by atoms with E-state index in [0.717, 1.165) is 34.4 Å². The molecular formula is C12H14BrNO2. The number of ether oxygens (including phenoxy) is 2. The topological polar surface area (TPSA) is 44.5 Å². The maximum absolute atomic E-state index is 6.33. The van der Waals surface area contributed by atoms with E-state index in [4.69, 9.17) is 15.2 Å². The van der Waals surface area contributed by atoms with Crippen LogP contribution < -0.4 is 15.2 Å². The number of benzene rings is 1. The molecule has 1 saturated carbocycles. The van der Waals surface area contributed by atoms with Gasteiger partial charge in [-0.05, 0) is 37.0 Å². The first kappa shape index (κ1) is 10.4. The third-order valence-corrected chi connectivity index (χ3v) is 4.07. The molecule has 4 heteroatoms. The van der Waals surface area contributed by atoms with Crippen LogP contribution in [0.15, 0.2) is 16.6 Å². The summed E-state index contributed by atoms with van der Waals surface area (Å²) in [6.45, 7) is 1.23. The van der Waals surface area contributed by atoms with Crippen molar-refractivity contribution in [3.05, 3.63) is 22.2 Å². The smallest absolute Gasteiger partial charge is 0.162 e. The molecule has 0 unspecified atom stereocenters. The lowest BCUT2D eigenvalue weighted by Gasteiger charge is -2.39. The Labute approximate surface area is 103 Å². The van der Waals surface area contributed by atoms with Crippen LogP contribution in [0.25, 0.3) is 0 Å². The van der Waals surface area contributed by atoms with Crippen LogP contribution >= 0.6 is 15.9 Å². The fourth-order valence-electron chi connectivity index (χ4n) is 2.27. The number of rotatable bonds is 1. The predicted molar refractivity (Wildman–Crippen MR) is 64.8 cm³/mol. The standard InChI is InChI=1S/C12H14BrNO2/c13-9-7-11-10(15-4-5-16-11)6-8(9)12(14)2-1-3-12/h6-7H,1-5,14H2. The maximum atomic E-state index is 6.33. The molecule has 1 aromatic carbocycles. The van der Waals surface area contributed by atoms with Crippen LogP contribution in [0.3, 0.4) is 0 Å². The average Bonchev–Trinajstić information content (AvgIpc) is 2.25. The zero-order valence-corrected chi connectivity index (χ0v) is 10.5. The third-order valence-electron chi connectivity index (χ3n) is 3.41. The minimum Gasteiger partial charge on any atom is -0.486 e. The Balaban J connectivity index is 2.05. The number of hydrogen-bond acceptors (Lipinski definition) is 3. The van der Waals surface area contributed by atoms with Crippen molar-refractivity contribution in [2.24, 2.45) is 5.73 Å². The van der Waals surface area contributed by atoms with E-state index < -0.39 is 0 Å². The molecule has 0 amide bonds. The highest BCUT2D eigenvalue weighted by Crippen LogP contribution is 2.45. The zero-order chi connectivity index (χ0) is 11.2. The molecule has 0 spiro atoms. The Bertz CT molecular complexity index is 429. The largest absolute Gasteiger partial charge is 0.486 e. The first-order valence-electron chi connectivity index (χ1n) is 5.58. The molecular weight excluding hydrogens is 270 g/mol. The van der Waals surface area contributed by atoms with Gasteiger partial charge in [0, 0.05) is 10.0 Å². The van der Waals surface area contributed by atoms with Crippen molar-refractivity contribution in [1.82, 2.24) is 0 Å². The lowest BCUT2D eigenvalue weighted by Crippen LogP contribution is -2.43. The lowest BCUT2D eigenvalue weighted by atomic mass is 9.73. The summed E-state index contributed by atoms with van der Waals surface area (Å²) in [4.78, 5) is 0. The Morgan fingerprint density at radius 2 is 1.75 bits per heavy atom. The van der Waals surface area contributed by atoms with E-state index in [1.54, 1.807) is 0 Å². The molecule has 3 nitrogen and oxygen atoms in total. The second-order valence-corrected chi connectivity index (χ2v) is 5.34. The summed E-state index contributed by atoms with van der Waals surface area (Å²) in [5.41, 5.74) is 7.30. The second kappa shape index (κ2) is 3.64. The normalized spacial score (nSPS) is 21.4. The van der Waals surface area contributed by atoms with E-state index in [1.807, 2.05) is 12.1 Å². The van der Waals surface area contributed by atoms with Gasteiger partial charge in [0.15, 0.2) is 11.5 Å². The van der Waals surface area contributed by atoms with E-state index in [2.05, 4.69) is 15.9 Å². The quantitative estimate of drug-likeness (QED) is 0.862. The fraction of sp³-hybridized carbons (Fsp3) is 0.500. The van der Waals surface area contributed by atoms with Crippen molar-refractivity contribution >= 4 is 15.9 Å². The molecule has 2 aliphatic rings. The van der Waals surface area contributed by atoms with Gasteiger partial charge in [-0.3, -0.25) is 0 Å². The molecule has 0 bridgehead atoms. The van der Waals surface area contributed by atoms with E-state index in [-0.39, 0.29) is 5.54 Å². The van der Waals surface area contributed by atoms with Gasteiger partial charge in [-0.2, -0.15) is 0 Å². The van der Waals surface area contributed by atoms with Gasteiger partial charge in [-0.1, -0.05) is 15.9 Å². The molecule has 1 heterocycles. The van der Waals surface area contributed by atoms with E-state index >= 15 is 0 Å². The Morgan fingerprint density at radius 3 is 2.31 bits per heavy atom. The predicted octanol–water partition coefficient (Wildman–Crippen LogP) is 2.56. The molecule has 1 aliphatic carbocycles. The molecule has 16 heavy (non-hydrogen) atoms. The molecule has 2 N–H and O–H groups in total. The second-order valence-electron chi connectivity index (χ2n) is 4.49. The van der Waals surface area contributed by atoms with Crippen molar-refractivity contribution in [3.63, 3.8) is 0 Å². The maximum Gasteiger partial charge on any atom is 0.162 e. The zero-order valence-electron chi connectivity index (χ0n) is 8.96. The third kappa shape index (κ3) is 1.52. The van der Waals surface area contributed by atoms with Crippen LogP contribution in [0.2, 0.25) is 0 Å². The number of fused-ring (bicyclic) bond motifs is 1. The molecule has 1 fully saturated rings. The molecule has 0 radical (unpaired) electrons. The van der Waals surface area contributed by atoms with Crippen LogP contribution in [0.4, 0.5) is 0 Å². The van der Waals surface area contributed by atoms with Gasteiger partial charge in [0.1, 0.15) is 13.2 Å². The Kier molecular flexibility index (Phi) is 2.37. The first-order chi connectivity index (χ1) is 7.69. The van der Waals surface area contributed by atoms with Crippen LogP contribution in [-0.2, 0) is 5.54 Å². The SMILES string of the molecule is NC1(c2cc3c(cc2Br)OCCO3)CCC1. The van der Waals surface area contributed by atoms with Gasteiger partial charge in [0.05, 0.1) is 0 Å². The summed E-state index contributed by atoms with van der Waals surface area (Å²) >= 11 is 3.57. The Hall–Kier alpha value is -0.740. The Morgan fingerprint density at radius 1 is 1.12 bits per heavy atom. The minimum absolute atomic E-state index is 0.172. The lowest BCUT2D eigenvalue weighted by molar-refractivity contribution is 0.169. The van der Waals surface area contributed by atoms with Gasteiger partial charge in [-0.15, -0.1) is 0 Å². The highest BCUT2D eigenvalue weighted by atomic mass is 79.9. The van der Waals surface area contributed by atoms with Crippen LogP contribution in [-0.4, -0.2) is 13.2 Å². The van der Waals surface area contributed by atoms with Crippen molar-refractivity contribution in [3.8, 4) is 11.5 Å². The summed E-state index contributed by atoms with van der Waals surface area (Å²) in [5, 5.41) is 0. The van der Waals surface area contributed by atoms with Crippen LogP contribution in [0.5, 0.6) is 11.5 Å². The minimum atomic E-state index is -0.172. The molecule has 0 atom stereocenters. The summed E-state index contributed by atoms with van der Waals surface area (Å²) in [7, 11) is 0. The van der Waals surface area contributed by atoms with Crippen molar-refractivity contribution in [2.75, 3.05) is 13.2 Å². The highest BCUT2D eigenvalue weighted by molar-refractivity contribution is 9.10. The molecule has 3 rings (SSSR count). The van der Waals surface area contributed by atoms with Crippen molar-refractivity contribution in [2.45, 2.75) is 24.8 Å². The molecule has 1 aromatic rings. The van der Waals surface area contributed by atoms with Gasteiger partial charge in [0.2, 0.25) is 0 Å². The molecule has 1 aliphatic heterocycles. The van der Waals surface area contributed by atoms with E-state index in [1.165, 1.54) is 6.42 Å².